The molecular weight excluding hydrogens is 831 g/mol. The summed E-state index contributed by atoms with van der Waals surface area (Å²) in [6, 6.07) is 16.3. The number of aliphatic hydroxyl groups excluding tert-OH is 1. The van der Waals surface area contributed by atoms with Crippen LogP contribution in [0.1, 0.15) is 149 Å². The summed E-state index contributed by atoms with van der Waals surface area (Å²) in [5.74, 6) is 2.62. The van der Waals surface area contributed by atoms with Crippen LogP contribution in [0.25, 0.3) is 0 Å². The van der Waals surface area contributed by atoms with E-state index in [0.29, 0.717) is 72.8 Å². The zero-order valence-electron chi connectivity index (χ0n) is 39.8. The van der Waals surface area contributed by atoms with Crippen molar-refractivity contribution in [3.8, 4) is 0 Å². The van der Waals surface area contributed by atoms with E-state index in [2.05, 4.69) is 65.3 Å². The minimum absolute atomic E-state index is 0.148. The van der Waals surface area contributed by atoms with Gasteiger partial charge in [-0.15, -0.1) is 0 Å². The summed E-state index contributed by atoms with van der Waals surface area (Å²) in [5, 5.41) is 13.4. The Labute approximate surface area is 397 Å². The second-order valence-corrected chi connectivity index (χ2v) is 24.0. The summed E-state index contributed by atoms with van der Waals surface area (Å²) in [6.45, 7) is 6.30. The van der Waals surface area contributed by atoms with Crippen molar-refractivity contribution in [2.75, 3.05) is 26.2 Å². The molecule has 0 aromatic heterocycles. The van der Waals surface area contributed by atoms with E-state index in [1.54, 1.807) is 11.3 Å². The van der Waals surface area contributed by atoms with Crippen molar-refractivity contribution >= 4 is 11.9 Å². The number of hydrogen-bond donors (Lipinski definition) is 2. The van der Waals surface area contributed by atoms with Crippen LogP contribution in [0.4, 0.5) is 0 Å². The fraction of sp³-hybridized carbons (Fsp3) is 0.627. The summed E-state index contributed by atoms with van der Waals surface area (Å²) in [6.07, 6.45) is 22.6. The summed E-state index contributed by atoms with van der Waals surface area (Å²) >= 11 is 0. The second kappa shape index (κ2) is 15.2. The van der Waals surface area contributed by atoms with Crippen LogP contribution in [0.2, 0.25) is 0 Å². The number of carbonyl (C=O) groups excluding carboxylic acids is 2. The lowest BCUT2D eigenvalue weighted by Crippen LogP contribution is -2.77. The van der Waals surface area contributed by atoms with Crippen LogP contribution in [-0.4, -0.2) is 65.1 Å². The zero-order valence-corrected chi connectivity index (χ0v) is 39.8. The van der Waals surface area contributed by atoms with Crippen molar-refractivity contribution in [2.24, 2.45) is 58.0 Å². The van der Waals surface area contributed by atoms with Gasteiger partial charge in [-0.3, -0.25) is 9.69 Å². The van der Waals surface area contributed by atoms with Crippen molar-refractivity contribution in [3.05, 3.63) is 116 Å². The molecule has 352 valence electrons. The molecule has 15 aliphatic rings. The largest absolute Gasteiger partial charge is 0.509 e. The number of esters is 2. The molecule has 3 spiro atoms. The molecule has 0 radical (unpaired) electrons. The first-order valence-electron chi connectivity index (χ1n) is 27.2. The van der Waals surface area contributed by atoms with Crippen LogP contribution in [0.5, 0.6) is 0 Å². The van der Waals surface area contributed by atoms with Crippen molar-refractivity contribution in [1.29, 1.82) is 0 Å². The number of fused-ring (bicyclic) bond motifs is 6. The molecule has 12 unspecified atom stereocenters. The molecule has 2 aromatic rings. The van der Waals surface area contributed by atoms with Crippen LogP contribution in [0, 0.1) is 52.3 Å². The number of hydrogen-bond acceptors (Lipinski definition) is 8. The van der Waals surface area contributed by atoms with Crippen LogP contribution in [0.3, 0.4) is 0 Å². The number of piperidine rings is 2. The fourth-order valence-electron chi connectivity index (χ4n) is 18.8. The average Bonchev–Trinajstić information content (AvgIpc) is 3.79. The number of nitrogens with zero attached hydrogens (tertiary/aromatic N) is 2. The highest BCUT2D eigenvalue weighted by Gasteiger charge is 2.93. The molecule has 17 rings (SSSR count). The SMILES string of the molecule is CC1CC2=C3C4C5=C6C=C(Cc7cccc(c7)CCCCC7C68C(=O)OC(=C(O)CC(CC6CCCCC6)N6CC9CC(C6)C(CC2)N3C9)C8(CC5)C72OC(=O)c3c(CCCN)cccc32)C14. The first-order chi connectivity index (χ1) is 32.7. The third kappa shape index (κ3) is 5.49. The lowest BCUT2D eigenvalue weighted by atomic mass is 9.29. The molecule has 5 fully saturated rings. The molecule has 3 N–H and O–H groups in total. The van der Waals surface area contributed by atoms with Crippen LogP contribution >= 0.6 is 0 Å². The third-order valence-electron chi connectivity index (χ3n) is 20.9. The molecule has 67 heavy (non-hydrogen) atoms. The predicted molar refractivity (Wildman–Crippen MR) is 257 cm³/mol. The molecule has 6 aliphatic carbocycles. The predicted octanol–water partition coefficient (Wildman–Crippen LogP) is 10.6. The number of ether oxygens (including phenoxy) is 2. The molecule has 15 bridgehead atoms. The van der Waals surface area contributed by atoms with Gasteiger partial charge in [0.05, 0.1) is 11.0 Å². The maximum atomic E-state index is 16.2. The van der Waals surface area contributed by atoms with E-state index in [1.807, 2.05) is 0 Å². The number of rotatable bonds is 5. The Morgan fingerprint density at radius 1 is 0.910 bits per heavy atom. The molecule has 3 saturated heterocycles. The average molecular weight is 902 g/mol. The van der Waals surface area contributed by atoms with Gasteiger partial charge < -0.3 is 25.2 Å². The number of nitrogens with two attached hydrogens (primary N) is 1. The highest BCUT2D eigenvalue weighted by Crippen LogP contribution is 2.87. The number of aliphatic hydroxyl groups is 1. The Kier molecular flexibility index (Phi) is 9.47. The fourth-order valence-corrected chi connectivity index (χ4v) is 18.8. The van der Waals surface area contributed by atoms with Gasteiger partial charge in [0.1, 0.15) is 11.2 Å². The first-order valence-corrected chi connectivity index (χ1v) is 27.2. The zero-order chi connectivity index (χ0) is 45.0. The van der Waals surface area contributed by atoms with Crippen LogP contribution in [-0.2, 0) is 39.1 Å². The monoisotopic (exact) mass is 902 g/mol. The van der Waals surface area contributed by atoms with Crippen molar-refractivity contribution in [1.82, 2.24) is 9.80 Å². The Balaban J connectivity index is 1.06. The lowest BCUT2D eigenvalue weighted by molar-refractivity contribution is -0.276. The normalized spacial score (nSPS) is 40.2. The smallest absolute Gasteiger partial charge is 0.339 e. The number of benzene rings is 2. The van der Waals surface area contributed by atoms with Gasteiger partial charge in [-0.05, 0) is 142 Å². The standard InChI is InChI=1S/C59H71N3O5/c1-34-24-40-19-20-47-42-27-38-31-61(33-42)43(28-36-10-3-2-4-11-36)30-48(63)54-57-22-21-44-46-29-41(50(34)52(44)53(40)62(47)32-38)26-37-14-7-13-35(25-37)12-5-6-18-49(58(46,57)56(65)66-54)59(57)45-17-8-15-39(16-9-23-60)51(45)55(64)67-59/h7-8,13-15,17,25,29,34,36,38,42-43,47,49-50,52,63H,2-6,9-12,16,18-24,26-28,30-33,60H2,1H3. The van der Waals surface area contributed by atoms with Gasteiger partial charge >= 0.3 is 11.9 Å². The first kappa shape index (κ1) is 41.8. The van der Waals surface area contributed by atoms with Gasteiger partial charge in [-0.2, -0.15) is 0 Å². The Morgan fingerprint density at radius 2 is 1.76 bits per heavy atom. The second-order valence-electron chi connectivity index (χ2n) is 24.0. The molecule has 8 heteroatoms. The van der Waals surface area contributed by atoms with E-state index in [1.165, 1.54) is 73.6 Å². The summed E-state index contributed by atoms with van der Waals surface area (Å²) in [7, 11) is 0. The minimum atomic E-state index is -1.16. The minimum Gasteiger partial charge on any atom is -0.509 e. The van der Waals surface area contributed by atoms with Gasteiger partial charge in [-0.25, -0.2) is 4.79 Å². The van der Waals surface area contributed by atoms with Gasteiger partial charge in [0.25, 0.3) is 0 Å². The molecule has 9 heterocycles. The van der Waals surface area contributed by atoms with Gasteiger partial charge in [-0.1, -0.05) is 111 Å². The quantitative estimate of drug-likeness (QED) is 0.286. The van der Waals surface area contributed by atoms with E-state index in [4.69, 9.17) is 15.2 Å². The number of aryl methyl sites for hydroxylation is 2. The summed E-state index contributed by atoms with van der Waals surface area (Å²) in [4.78, 5) is 37.1. The molecule has 8 nitrogen and oxygen atoms in total. The van der Waals surface area contributed by atoms with E-state index >= 15 is 9.59 Å². The van der Waals surface area contributed by atoms with Crippen molar-refractivity contribution < 1.29 is 24.2 Å². The van der Waals surface area contributed by atoms with E-state index < -0.39 is 16.4 Å². The Hall–Kier alpha value is -4.14. The topological polar surface area (TPSA) is 105 Å². The molecule has 2 saturated carbocycles. The molecule has 12 atom stereocenters. The maximum absolute atomic E-state index is 16.2. The van der Waals surface area contributed by atoms with E-state index in [9.17, 15) is 5.11 Å². The molecule has 2 aromatic carbocycles. The Bertz CT molecular complexity index is 2600. The van der Waals surface area contributed by atoms with Crippen molar-refractivity contribution in [3.63, 3.8) is 0 Å². The summed E-state index contributed by atoms with van der Waals surface area (Å²) < 4.78 is 14.3. The highest BCUT2D eigenvalue weighted by atomic mass is 16.6. The lowest BCUT2D eigenvalue weighted by Gasteiger charge is -2.71. The number of allylic oxidation sites excluding steroid dienone is 4. The third-order valence-corrected chi connectivity index (χ3v) is 20.9. The molecular formula is C59H71N3O5. The van der Waals surface area contributed by atoms with Gasteiger partial charge in [0.2, 0.25) is 0 Å². The Morgan fingerprint density at radius 3 is 2.64 bits per heavy atom. The summed E-state index contributed by atoms with van der Waals surface area (Å²) in [5.41, 5.74) is 15.4. The molecule has 0 amide bonds. The van der Waals surface area contributed by atoms with Gasteiger partial charge in [0.15, 0.2) is 11.4 Å². The number of carbonyl (C=O) groups is 2. The molecule has 9 aliphatic heterocycles. The maximum Gasteiger partial charge on any atom is 0.339 e. The van der Waals surface area contributed by atoms with E-state index in [-0.39, 0.29) is 35.6 Å². The van der Waals surface area contributed by atoms with Gasteiger partial charge in [0, 0.05) is 61.2 Å². The van der Waals surface area contributed by atoms with Crippen LogP contribution < -0.4 is 5.73 Å². The van der Waals surface area contributed by atoms with E-state index in [0.717, 1.165) is 94.1 Å². The highest BCUT2D eigenvalue weighted by molar-refractivity contribution is 6.00. The van der Waals surface area contributed by atoms with Crippen LogP contribution in [0.15, 0.2) is 88.0 Å². The van der Waals surface area contributed by atoms with Crippen molar-refractivity contribution in [2.45, 2.75) is 153 Å².